The van der Waals surface area contributed by atoms with Crippen molar-refractivity contribution < 1.29 is 18.0 Å². The Morgan fingerprint density at radius 3 is 2.13 bits per heavy atom. The number of anilines is 1. The van der Waals surface area contributed by atoms with Crippen LogP contribution in [0.3, 0.4) is 0 Å². The van der Waals surface area contributed by atoms with E-state index in [2.05, 4.69) is 21.2 Å². The van der Waals surface area contributed by atoms with E-state index in [0.717, 1.165) is 19.9 Å². The first-order chi connectivity index (χ1) is 21.5. The van der Waals surface area contributed by atoms with E-state index in [-0.39, 0.29) is 35.5 Å². The van der Waals surface area contributed by atoms with Gasteiger partial charge >= 0.3 is 0 Å². The minimum atomic E-state index is -4.21. The second-order valence-corrected chi connectivity index (χ2v) is 14.1. The van der Waals surface area contributed by atoms with Crippen molar-refractivity contribution in [3.8, 4) is 0 Å². The minimum Gasteiger partial charge on any atom is -0.352 e. The van der Waals surface area contributed by atoms with Crippen molar-refractivity contribution in [1.29, 1.82) is 0 Å². The summed E-state index contributed by atoms with van der Waals surface area (Å²) in [4.78, 5) is 30.0. The monoisotopic (exact) mass is 709 g/mol. The molecule has 7 nitrogen and oxygen atoms in total. The van der Waals surface area contributed by atoms with Crippen LogP contribution >= 0.6 is 27.5 Å². The van der Waals surface area contributed by atoms with Gasteiger partial charge in [-0.15, -0.1) is 0 Å². The summed E-state index contributed by atoms with van der Waals surface area (Å²) in [5.74, 6) is -0.841. The van der Waals surface area contributed by atoms with Gasteiger partial charge in [-0.05, 0) is 73.4 Å². The first-order valence-electron chi connectivity index (χ1n) is 14.7. The summed E-state index contributed by atoms with van der Waals surface area (Å²) in [5, 5.41) is 3.38. The molecule has 0 heterocycles. The Bertz CT molecular complexity index is 1700. The highest BCUT2D eigenvalue weighted by Crippen LogP contribution is 2.30. The lowest BCUT2D eigenvalue weighted by Crippen LogP contribution is -2.54. The van der Waals surface area contributed by atoms with Crippen LogP contribution in [0.2, 0.25) is 5.02 Å². The number of hydrogen-bond donors (Lipinski definition) is 1. The lowest BCUT2D eigenvalue weighted by Gasteiger charge is -2.34. The van der Waals surface area contributed by atoms with Crippen molar-refractivity contribution in [3.63, 3.8) is 0 Å². The van der Waals surface area contributed by atoms with Crippen LogP contribution in [0.4, 0.5) is 5.69 Å². The topological polar surface area (TPSA) is 86.8 Å². The molecular weight excluding hydrogens is 674 g/mol. The van der Waals surface area contributed by atoms with Crippen LogP contribution in [0.5, 0.6) is 0 Å². The molecule has 0 bridgehead atoms. The summed E-state index contributed by atoms with van der Waals surface area (Å²) in [7, 11) is -4.21. The number of sulfonamides is 1. The van der Waals surface area contributed by atoms with E-state index in [0.29, 0.717) is 17.0 Å². The molecule has 0 aromatic heterocycles. The third kappa shape index (κ3) is 8.96. The number of nitrogens with one attached hydrogen (secondary N) is 1. The molecule has 0 saturated carbocycles. The van der Waals surface area contributed by atoms with Gasteiger partial charge < -0.3 is 10.2 Å². The number of rotatable bonds is 13. The molecule has 0 fully saturated rings. The molecule has 10 heteroatoms. The smallest absolute Gasteiger partial charge is 0.264 e. The molecule has 236 valence electrons. The molecule has 45 heavy (non-hydrogen) atoms. The van der Waals surface area contributed by atoms with E-state index in [4.69, 9.17) is 11.6 Å². The van der Waals surface area contributed by atoms with Gasteiger partial charge in [0, 0.05) is 28.5 Å². The van der Waals surface area contributed by atoms with Crippen LogP contribution in [0, 0.1) is 6.92 Å². The summed E-state index contributed by atoms with van der Waals surface area (Å²) in [6.45, 7) is 5.19. The lowest BCUT2D eigenvalue weighted by atomic mass is 10.0. The Kier molecular flexibility index (Phi) is 11.8. The van der Waals surface area contributed by atoms with E-state index in [1.54, 1.807) is 43.3 Å². The zero-order valence-corrected chi connectivity index (χ0v) is 28.6. The average Bonchev–Trinajstić information content (AvgIpc) is 3.04. The molecule has 2 atom stereocenters. The largest absolute Gasteiger partial charge is 0.352 e. The SMILES string of the molecule is CC[C@@H](C)NC(=O)[C@H](Cc1ccccc1)N(Cc1ccc(Br)cc1)C(=O)CN(c1cc(Cl)ccc1C)S(=O)(=O)c1ccccc1. The summed E-state index contributed by atoms with van der Waals surface area (Å²) in [6, 6.07) is 28.8. The van der Waals surface area contributed by atoms with Crippen LogP contribution < -0.4 is 9.62 Å². The second kappa shape index (κ2) is 15.6. The van der Waals surface area contributed by atoms with Crippen molar-refractivity contribution in [3.05, 3.63) is 129 Å². The zero-order chi connectivity index (χ0) is 32.6. The normalized spacial score (nSPS) is 12.6. The third-order valence-electron chi connectivity index (χ3n) is 7.59. The second-order valence-electron chi connectivity index (χ2n) is 10.9. The maximum atomic E-state index is 14.6. The Balaban J connectivity index is 1.83. The van der Waals surface area contributed by atoms with Crippen LogP contribution in [-0.4, -0.2) is 43.8 Å². The highest BCUT2D eigenvalue weighted by molar-refractivity contribution is 9.10. The summed E-state index contributed by atoms with van der Waals surface area (Å²) < 4.78 is 30.3. The van der Waals surface area contributed by atoms with Gasteiger partial charge in [-0.25, -0.2) is 8.42 Å². The van der Waals surface area contributed by atoms with Gasteiger partial charge in [0.05, 0.1) is 10.6 Å². The van der Waals surface area contributed by atoms with Gasteiger partial charge in [-0.2, -0.15) is 0 Å². The van der Waals surface area contributed by atoms with E-state index >= 15 is 0 Å². The number of carbonyl (C=O) groups excluding carboxylic acids is 2. The number of hydrogen-bond acceptors (Lipinski definition) is 4. The van der Waals surface area contributed by atoms with Gasteiger partial charge in [0.1, 0.15) is 12.6 Å². The number of nitrogens with zero attached hydrogens (tertiary/aromatic N) is 2. The number of carbonyl (C=O) groups is 2. The van der Waals surface area contributed by atoms with E-state index in [1.807, 2.05) is 68.4 Å². The Morgan fingerprint density at radius 2 is 1.51 bits per heavy atom. The predicted molar refractivity (Wildman–Crippen MR) is 184 cm³/mol. The van der Waals surface area contributed by atoms with Crippen molar-refractivity contribution in [1.82, 2.24) is 10.2 Å². The maximum Gasteiger partial charge on any atom is 0.264 e. The van der Waals surface area contributed by atoms with Gasteiger partial charge in [-0.3, -0.25) is 13.9 Å². The maximum absolute atomic E-state index is 14.6. The number of aryl methyl sites for hydroxylation is 1. The Hall–Kier alpha value is -3.66. The molecule has 0 aliphatic heterocycles. The van der Waals surface area contributed by atoms with Gasteiger partial charge in [0.2, 0.25) is 11.8 Å². The first-order valence-corrected chi connectivity index (χ1v) is 17.3. The summed E-state index contributed by atoms with van der Waals surface area (Å²) in [5.41, 5.74) is 2.57. The van der Waals surface area contributed by atoms with Crippen LogP contribution in [-0.2, 0) is 32.6 Å². The molecular formula is C35H37BrClN3O4S. The van der Waals surface area contributed by atoms with Crippen LogP contribution in [0.25, 0.3) is 0 Å². The Morgan fingerprint density at radius 1 is 0.889 bits per heavy atom. The summed E-state index contributed by atoms with van der Waals surface area (Å²) >= 11 is 9.81. The van der Waals surface area contributed by atoms with Gasteiger partial charge in [0.25, 0.3) is 10.0 Å². The summed E-state index contributed by atoms with van der Waals surface area (Å²) in [6.07, 6.45) is 0.953. The first kappa shape index (κ1) is 34.2. The number of amides is 2. The van der Waals surface area contributed by atoms with E-state index < -0.39 is 28.5 Å². The van der Waals surface area contributed by atoms with Crippen LogP contribution in [0.1, 0.15) is 37.0 Å². The standard InChI is InChI=1S/C35H37BrClN3O4S/c1-4-26(3)38-35(42)33(21-27-11-7-5-8-12-27)39(23-28-16-18-29(36)19-17-28)34(41)24-40(32-22-30(37)20-15-25(32)2)45(43,44)31-13-9-6-10-14-31/h5-20,22,26,33H,4,21,23-24H2,1-3H3,(H,38,42)/t26-,33+/m1/s1. The minimum absolute atomic E-state index is 0.0342. The molecule has 0 aliphatic rings. The molecule has 2 amide bonds. The highest BCUT2D eigenvalue weighted by atomic mass is 79.9. The molecule has 0 aliphatic carbocycles. The molecule has 4 aromatic rings. The fourth-order valence-electron chi connectivity index (χ4n) is 4.87. The zero-order valence-electron chi connectivity index (χ0n) is 25.5. The van der Waals surface area contributed by atoms with Crippen molar-refractivity contribution in [2.45, 2.75) is 57.1 Å². The number of benzene rings is 4. The third-order valence-corrected chi connectivity index (χ3v) is 10.1. The molecule has 1 N–H and O–H groups in total. The Labute approximate surface area is 279 Å². The van der Waals surface area contributed by atoms with Crippen molar-refractivity contribution in [2.24, 2.45) is 0 Å². The number of halogens is 2. The fourth-order valence-corrected chi connectivity index (χ4v) is 6.79. The molecule has 4 rings (SSSR count). The molecule has 0 unspecified atom stereocenters. The molecule has 0 saturated heterocycles. The fraction of sp³-hybridized carbons (Fsp3) is 0.257. The van der Waals surface area contributed by atoms with Gasteiger partial charge in [-0.1, -0.05) is 101 Å². The average molecular weight is 711 g/mol. The quantitative estimate of drug-likeness (QED) is 0.160. The van der Waals surface area contributed by atoms with E-state index in [1.165, 1.54) is 17.0 Å². The van der Waals surface area contributed by atoms with Crippen molar-refractivity contribution >= 4 is 55.1 Å². The highest BCUT2D eigenvalue weighted by Gasteiger charge is 2.35. The van der Waals surface area contributed by atoms with Crippen LogP contribution in [0.15, 0.2) is 112 Å². The lowest BCUT2D eigenvalue weighted by molar-refractivity contribution is -0.140. The predicted octanol–water partition coefficient (Wildman–Crippen LogP) is 7.16. The molecule has 0 spiro atoms. The van der Waals surface area contributed by atoms with Gasteiger partial charge in [0.15, 0.2) is 0 Å². The van der Waals surface area contributed by atoms with E-state index in [9.17, 15) is 18.0 Å². The molecule has 0 radical (unpaired) electrons. The van der Waals surface area contributed by atoms with Crippen molar-refractivity contribution in [2.75, 3.05) is 10.8 Å². The molecule has 4 aromatic carbocycles.